The van der Waals surface area contributed by atoms with Gasteiger partial charge in [-0.25, -0.2) is 4.79 Å². The predicted molar refractivity (Wildman–Crippen MR) is 72.9 cm³/mol. The largest absolute Gasteiger partial charge is 0.467 e. The van der Waals surface area contributed by atoms with Gasteiger partial charge in [0, 0.05) is 12.4 Å². The van der Waals surface area contributed by atoms with Crippen LogP contribution in [0.1, 0.15) is 22.0 Å². The van der Waals surface area contributed by atoms with Crippen molar-refractivity contribution in [3.8, 4) is 0 Å². The molecule has 5 heteroatoms. The van der Waals surface area contributed by atoms with Crippen LogP contribution in [0.5, 0.6) is 0 Å². The van der Waals surface area contributed by atoms with Crippen molar-refractivity contribution in [1.82, 2.24) is 10.3 Å². The van der Waals surface area contributed by atoms with Gasteiger partial charge in [0.25, 0.3) is 5.91 Å². The molecule has 0 bridgehead atoms. The first-order valence-electron chi connectivity index (χ1n) is 6.06. The molecule has 0 radical (unpaired) electrons. The van der Waals surface area contributed by atoms with Gasteiger partial charge in [0.1, 0.15) is 0 Å². The zero-order valence-corrected chi connectivity index (χ0v) is 10.9. The molecule has 102 valence electrons. The third kappa shape index (κ3) is 3.20. The molecule has 2 rings (SSSR count). The summed E-state index contributed by atoms with van der Waals surface area (Å²) in [6, 6.07) is 11.4. The third-order valence-corrected chi connectivity index (χ3v) is 2.77. The van der Waals surface area contributed by atoms with E-state index >= 15 is 0 Å². The summed E-state index contributed by atoms with van der Waals surface area (Å²) in [5.41, 5.74) is 1.05. The van der Waals surface area contributed by atoms with Crippen LogP contribution in [0.2, 0.25) is 0 Å². The van der Waals surface area contributed by atoms with Crippen molar-refractivity contribution >= 4 is 11.9 Å². The van der Waals surface area contributed by atoms with E-state index in [-0.39, 0.29) is 5.91 Å². The molecule has 0 aliphatic heterocycles. The van der Waals surface area contributed by atoms with Crippen LogP contribution in [0.15, 0.2) is 54.9 Å². The SMILES string of the molecule is COC(=O)[C@@H](NC(=O)c1cccnc1)c1ccccc1. The Bertz CT molecular complexity index is 585. The average Bonchev–Trinajstić information content (AvgIpc) is 2.53. The number of nitrogens with zero attached hydrogens (tertiary/aromatic N) is 1. The number of pyridine rings is 1. The monoisotopic (exact) mass is 270 g/mol. The molecule has 0 spiro atoms. The van der Waals surface area contributed by atoms with Crippen molar-refractivity contribution in [3.05, 3.63) is 66.0 Å². The maximum atomic E-state index is 12.1. The van der Waals surface area contributed by atoms with Gasteiger partial charge in [0.2, 0.25) is 0 Å². The predicted octanol–water partition coefficient (Wildman–Crippen LogP) is 1.73. The second-order valence-corrected chi connectivity index (χ2v) is 4.08. The number of hydrogen-bond donors (Lipinski definition) is 1. The Kier molecular flexibility index (Phi) is 4.44. The highest BCUT2D eigenvalue weighted by Crippen LogP contribution is 2.15. The van der Waals surface area contributed by atoms with E-state index in [9.17, 15) is 9.59 Å². The summed E-state index contributed by atoms with van der Waals surface area (Å²) in [5.74, 6) is -0.897. The smallest absolute Gasteiger partial charge is 0.333 e. The van der Waals surface area contributed by atoms with Crippen molar-refractivity contribution in [2.45, 2.75) is 6.04 Å². The Balaban J connectivity index is 2.21. The molecule has 5 nitrogen and oxygen atoms in total. The van der Waals surface area contributed by atoms with Crippen LogP contribution in [0.4, 0.5) is 0 Å². The minimum Gasteiger partial charge on any atom is -0.467 e. The summed E-state index contributed by atoms with van der Waals surface area (Å²) in [6.45, 7) is 0. The fourth-order valence-electron chi connectivity index (χ4n) is 1.75. The van der Waals surface area contributed by atoms with Gasteiger partial charge in [-0.1, -0.05) is 30.3 Å². The lowest BCUT2D eigenvalue weighted by Gasteiger charge is -2.16. The highest BCUT2D eigenvalue weighted by molar-refractivity contribution is 5.96. The molecule has 2 aromatic rings. The van der Waals surface area contributed by atoms with Gasteiger partial charge in [-0.2, -0.15) is 0 Å². The van der Waals surface area contributed by atoms with Crippen LogP contribution in [0.3, 0.4) is 0 Å². The first-order chi connectivity index (χ1) is 9.72. The van der Waals surface area contributed by atoms with Crippen molar-refractivity contribution in [1.29, 1.82) is 0 Å². The van der Waals surface area contributed by atoms with Crippen LogP contribution in [-0.4, -0.2) is 24.0 Å². The summed E-state index contributed by atoms with van der Waals surface area (Å²) < 4.78 is 4.73. The van der Waals surface area contributed by atoms with Gasteiger partial charge < -0.3 is 10.1 Å². The van der Waals surface area contributed by atoms with Crippen molar-refractivity contribution in [3.63, 3.8) is 0 Å². The number of amides is 1. The summed E-state index contributed by atoms with van der Waals surface area (Å²) in [7, 11) is 1.29. The van der Waals surface area contributed by atoms with E-state index in [1.807, 2.05) is 6.07 Å². The minimum absolute atomic E-state index is 0.377. The van der Waals surface area contributed by atoms with Crippen molar-refractivity contribution in [2.75, 3.05) is 7.11 Å². The van der Waals surface area contributed by atoms with E-state index in [2.05, 4.69) is 10.3 Å². The summed E-state index contributed by atoms with van der Waals surface area (Å²) in [6.07, 6.45) is 3.01. The molecule has 1 amide bonds. The number of carbonyl (C=O) groups excluding carboxylic acids is 2. The number of esters is 1. The Morgan fingerprint density at radius 2 is 1.90 bits per heavy atom. The summed E-state index contributed by atoms with van der Waals surface area (Å²) in [5, 5.41) is 2.65. The molecule has 0 saturated heterocycles. The van der Waals surface area contributed by atoms with E-state index in [0.717, 1.165) is 0 Å². The highest BCUT2D eigenvalue weighted by Gasteiger charge is 2.23. The zero-order valence-electron chi connectivity index (χ0n) is 10.9. The van der Waals surface area contributed by atoms with Crippen molar-refractivity contribution < 1.29 is 14.3 Å². The molecule has 1 N–H and O–H groups in total. The number of benzene rings is 1. The normalized spacial score (nSPS) is 11.4. The Morgan fingerprint density at radius 3 is 2.50 bits per heavy atom. The molecular formula is C15H14N2O3. The molecular weight excluding hydrogens is 256 g/mol. The van der Waals surface area contributed by atoms with Crippen LogP contribution in [0.25, 0.3) is 0 Å². The lowest BCUT2D eigenvalue weighted by atomic mass is 10.1. The molecule has 20 heavy (non-hydrogen) atoms. The van der Waals surface area contributed by atoms with Gasteiger partial charge in [-0.15, -0.1) is 0 Å². The van der Waals surface area contributed by atoms with Gasteiger partial charge in [0.15, 0.2) is 6.04 Å². The minimum atomic E-state index is -0.839. The summed E-state index contributed by atoms with van der Waals surface area (Å²) in [4.78, 5) is 27.8. The Labute approximate surface area is 116 Å². The second-order valence-electron chi connectivity index (χ2n) is 4.08. The zero-order chi connectivity index (χ0) is 14.4. The number of methoxy groups -OCH3 is 1. The standard InChI is InChI=1S/C15H14N2O3/c1-20-15(19)13(11-6-3-2-4-7-11)17-14(18)12-8-5-9-16-10-12/h2-10,13H,1H3,(H,17,18)/t13-/m0/s1. The highest BCUT2D eigenvalue weighted by atomic mass is 16.5. The first-order valence-corrected chi connectivity index (χ1v) is 6.06. The molecule has 0 unspecified atom stereocenters. The number of rotatable bonds is 4. The Hall–Kier alpha value is -2.69. The van der Waals surface area contributed by atoms with Crippen molar-refractivity contribution in [2.24, 2.45) is 0 Å². The molecule has 0 aliphatic carbocycles. The first kappa shape index (κ1) is 13.7. The van der Waals surface area contributed by atoms with Gasteiger partial charge in [0.05, 0.1) is 12.7 Å². The molecule has 0 fully saturated rings. The lowest BCUT2D eigenvalue weighted by Crippen LogP contribution is -2.34. The van der Waals surface area contributed by atoms with Crippen LogP contribution >= 0.6 is 0 Å². The van der Waals surface area contributed by atoms with E-state index < -0.39 is 12.0 Å². The maximum Gasteiger partial charge on any atom is 0.333 e. The number of aromatic nitrogens is 1. The summed E-state index contributed by atoms with van der Waals surface area (Å²) >= 11 is 0. The van der Waals surface area contributed by atoms with Gasteiger partial charge in [-0.3, -0.25) is 9.78 Å². The third-order valence-electron chi connectivity index (χ3n) is 2.77. The molecule has 0 aliphatic rings. The van der Waals surface area contributed by atoms with E-state index in [4.69, 9.17) is 4.74 Å². The van der Waals surface area contributed by atoms with Crippen LogP contribution in [-0.2, 0) is 9.53 Å². The fourth-order valence-corrected chi connectivity index (χ4v) is 1.75. The van der Waals surface area contributed by atoms with E-state index in [0.29, 0.717) is 11.1 Å². The molecule has 1 aromatic heterocycles. The average molecular weight is 270 g/mol. The van der Waals surface area contributed by atoms with Gasteiger partial charge >= 0.3 is 5.97 Å². The fraction of sp³-hybridized carbons (Fsp3) is 0.133. The number of nitrogens with one attached hydrogen (secondary N) is 1. The number of hydrogen-bond acceptors (Lipinski definition) is 4. The van der Waals surface area contributed by atoms with Crippen LogP contribution < -0.4 is 5.32 Å². The maximum absolute atomic E-state index is 12.1. The Morgan fingerprint density at radius 1 is 1.15 bits per heavy atom. The quantitative estimate of drug-likeness (QED) is 0.859. The molecule has 1 heterocycles. The number of carbonyl (C=O) groups is 2. The second kappa shape index (κ2) is 6.47. The van der Waals surface area contributed by atoms with Crippen LogP contribution in [0, 0.1) is 0 Å². The molecule has 1 aromatic carbocycles. The van der Waals surface area contributed by atoms with Gasteiger partial charge in [-0.05, 0) is 17.7 Å². The van der Waals surface area contributed by atoms with E-state index in [1.54, 1.807) is 42.6 Å². The van der Waals surface area contributed by atoms with E-state index in [1.165, 1.54) is 13.3 Å². The number of ether oxygens (including phenoxy) is 1. The lowest BCUT2D eigenvalue weighted by molar-refractivity contribution is -0.143. The topological polar surface area (TPSA) is 68.3 Å². The molecule has 0 saturated carbocycles. The molecule has 1 atom stereocenters.